The van der Waals surface area contributed by atoms with Gasteiger partial charge in [0.25, 0.3) is 0 Å². The van der Waals surface area contributed by atoms with E-state index >= 15 is 0 Å². The molecule has 0 fully saturated rings. The fourth-order valence-electron chi connectivity index (χ4n) is 0.993. The van der Waals surface area contributed by atoms with Crippen molar-refractivity contribution in [2.75, 3.05) is 0 Å². The van der Waals surface area contributed by atoms with Crippen molar-refractivity contribution in [3.63, 3.8) is 0 Å². The second kappa shape index (κ2) is 3.50. The maximum atomic E-state index is 8.82. The predicted molar refractivity (Wildman–Crippen MR) is 39.7 cm³/mol. The van der Waals surface area contributed by atoms with Gasteiger partial charge in [0.15, 0.2) is 0 Å². The average Bonchev–Trinajstić information content (AvgIpc) is 2.46. The summed E-state index contributed by atoms with van der Waals surface area (Å²) in [6, 6.07) is 1.70. The second-order valence-corrected chi connectivity index (χ2v) is 2.26. The van der Waals surface area contributed by atoms with Crippen LogP contribution in [0.3, 0.4) is 0 Å². The molecule has 0 radical (unpaired) electrons. The van der Waals surface area contributed by atoms with Gasteiger partial charge in [-0.25, -0.2) is 0 Å². The number of hydrogen-bond donors (Lipinski definition) is 2. The molecule has 0 atom stereocenters. The Morgan fingerprint density at radius 1 is 1.45 bits per heavy atom. The summed E-state index contributed by atoms with van der Waals surface area (Å²) in [6.45, 7) is 2.56. The van der Waals surface area contributed by atoms with Gasteiger partial charge in [-0.15, -0.1) is 0 Å². The summed E-state index contributed by atoms with van der Waals surface area (Å²) >= 11 is 0. The van der Waals surface area contributed by atoms with E-state index in [-0.39, 0.29) is 13.2 Å². The van der Waals surface area contributed by atoms with Crippen LogP contribution in [0.15, 0.2) is 6.07 Å². The van der Waals surface area contributed by atoms with Gasteiger partial charge < -0.3 is 10.2 Å². The van der Waals surface area contributed by atoms with E-state index in [1.807, 2.05) is 6.92 Å². The zero-order valence-corrected chi connectivity index (χ0v) is 6.49. The van der Waals surface area contributed by atoms with Gasteiger partial charge in [-0.05, 0) is 13.0 Å². The van der Waals surface area contributed by atoms with Crippen molar-refractivity contribution in [2.45, 2.75) is 26.7 Å². The molecule has 11 heavy (non-hydrogen) atoms. The van der Waals surface area contributed by atoms with Crippen LogP contribution in [0.1, 0.15) is 18.3 Å². The molecular weight excluding hydrogens is 144 g/mol. The lowest BCUT2D eigenvalue weighted by Gasteiger charge is -1.98. The minimum absolute atomic E-state index is 0.0269. The fourth-order valence-corrected chi connectivity index (χ4v) is 0.993. The van der Waals surface area contributed by atoms with Crippen molar-refractivity contribution in [2.24, 2.45) is 0 Å². The summed E-state index contributed by atoms with van der Waals surface area (Å²) in [7, 11) is 0. The highest BCUT2D eigenvalue weighted by molar-refractivity contribution is 5.08. The Hall–Kier alpha value is -0.870. The van der Waals surface area contributed by atoms with E-state index in [0.29, 0.717) is 5.69 Å². The van der Waals surface area contributed by atoms with Crippen LogP contribution in [0, 0.1) is 0 Å². The number of nitrogens with zero attached hydrogens (tertiary/aromatic N) is 2. The Labute approximate surface area is 65.1 Å². The van der Waals surface area contributed by atoms with Crippen LogP contribution in [0.5, 0.6) is 0 Å². The molecule has 0 aliphatic heterocycles. The van der Waals surface area contributed by atoms with Gasteiger partial charge in [0.1, 0.15) is 0 Å². The number of aromatic nitrogens is 2. The van der Waals surface area contributed by atoms with Crippen LogP contribution in [-0.4, -0.2) is 20.0 Å². The molecule has 1 heterocycles. The highest BCUT2D eigenvalue weighted by Crippen LogP contribution is 2.03. The highest BCUT2D eigenvalue weighted by Gasteiger charge is 2.03. The van der Waals surface area contributed by atoms with Crippen molar-refractivity contribution in [1.82, 2.24) is 9.78 Å². The molecule has 1 rings (SSSR count). The molecule has 2 N–H and O–H groups in total. The highest BCUT2D eigenvalue weighted by atomic mass is 16.3. The molecule has 0 saturated carbocycles. The van der Waals surface area contributed by atoms with E-state index in [1.165, 1.54) is 0 Å². The van der Waals surface area contributed by atoms with Crippen molar-refractivity contribution >= 4 is 0 Å². The second-order valence-electron chi connectivity index (χ2n) is 2.26. The summed E-state index contributed by atoms with van der Waals surface area (Å²) < 4.78 is 1.67. The van der Waals surface area contributed by atoms with Crippen LogP contribution in [0.2, 0.25) is 0 Å². The number of aliphatic hydroxyl groups excluding tert-OH is 2. The number of aliphatic hydroxyl groups is 2. The lowest BCUT2D eigenvalue weighted by atomic mass is 10.4. The fraction of sp³-hybridized carbons (Fsp3) is 0.571. The van der Waals surface area contributed by atoms with E-state index in [4.69, 9.17) is 10.2 Å². The monoisotopic (exact) mass is 156 g/mol. The first-order chi connectivity index (χ1) is 5.31. The largest absolute Gasteiger partial charge is 0.390 e. The van der Waals surface area contributed by atoms with Crippen LogP contribution in [0.4, 0.5) is 0 Å². The summed E-state index contributed by atoms with van der Waals surface area (Å²) in [4.78, 5) is 0. The smallest absolute Gasteiger partial charge is 0.0882 e. The van der Waals surface area contributed by atoms with E-state index in [1.54, 1.807) is 10.7 Å². The first kappa shape index (κ1) is 8.23. The first-order valence-corrected chi connectivity index (χ1v) is 3.59. The Kier molecular flexibility index (Phi) is 2.62. The first-order valence-electron chi connectivity index (χ1n) is 3.59. The van der Waals surface area contributed by atoms with E-state index in [2.05, 4.69) is 5.10 Å². The van der Waals surface area contributed by atoms with Gasteiger partial charge in [-0.3, -0.25) is 4.68 Å². The van der Waals surface area contributed by atoms with E-state index in [9.17, 15) is 0 Å². The molecule has 1 aromatic heterocycles. The molecule has 0 aromatic carbocycles. The maximum Gasteiger partial charge on any atom is 0.0882 e. The van der Waals surface area contributed by atoms with Gasteiger partial charge in [0, 0.05) is 6.54 Å². The van der Waals surface area contributed by atoms with Gasteiger partial charge >= 0.3 is 0 Å². The van der Waals surface area contributed by atoms with Crippen LogP contribution < -0.4 is 0 Å². The molecule has 4 heteroatoms. The molecule has 0 aliphatic rings. The lowest BCUT2D eigenvalue weighted by Crippen LogP contribution is -2.02. The molecule has 0 bridgehead atoms. The minimum atomic E-state index is -0.0694. The predicted octanol–water partition coefficient (Wildman–Crippen LogP) is -0.112. The van der Waals surface area contributed by atoms with Crippen molar-refractivity contribution in [1.29, 1.82) is 0 Å². The third-order valence-corrected chi connectivity index (χ3v) is 1.54. The third-order valence-electron chi connectivity index (χ3n) is 1.54. The molecule has 0 unspecified atom stereocenters. The van der Waals surface area contributed by atoms with Gasteiger partial charge in [0.05, 0.1) is 24.6 Å². The molecule has 0 spiro atoms. The summed E-state index contributed by atoms with van der Waals surface area (Å²) in [5, 5.41) is 21.5. The van der Waals surface area contributed by atoms with Gasteiger partial charge in [0.2, 0.25) is 0 Å². The average molecular weight is 156 g/mol. The minimum Gasteiger partial charge on any atom is -0.390 e. The quantitative estimate of drug-likeness (QED) is 0.641. The Morgan fingerprint density at radius 3 is 2.55 bits per heavy atom. The number of rotatable bonds is 3. The lowest BCUT2D eigenvalue weighted by molar-refractivity contribution is 0.268. The van der Waals surface area contributed by atoms with Gasteiger partial charge in [-0.1, -0.05) is 0 Å². The standard InChI is InChI=1S/C7H12N2O2/c1-2-9-7(5-11)3-6(4-10)8-9/h3,10-11H,2,4-5H2,1H3. The van der Waals surface area contributed by atoms with Crippen LogP contribution in [-0.2, 0) is 19.8 Å². The third kappa shape index (κ3) is 1.58. The van der Waals surface area contributed by atoms with Crippen LogP contribution in [0.25, 0.3) is 0 Å². The maximum absolute atomic E-state index is 8.82. The van der Waals surface area contributed by atoms with Crippen molar-refractivity contribution in [3.8, 4) is 0 Å². The summed E-state index contributed by atoms with van der Waals surface area (Å²) in [6.07, 6.45) is 0. The topological polar surface area (TPSA) is 58.3 Å². The molecule has 0 aliphatic carbocycles. The Morgan fingerprint density at radius 2 is 2.18 bits per heavy atom. The Balaban J connectivity index is 2.92. The zero-order chi connectivity index (χ0) is 8.27. The van der Waals surface area contributed by atoms with Gasteiger partial charge in [-0.2, -0.15) is 5.10 Å². The number of hydrogen-bond acceptors (Lipinski definition) is 3. The molecular formula is C7H12N2O2. The van der Waals surface area contributed by atoms with E-state index in [0.717, 1.165) is 12.2 Å². The zero-order valence-electron chi connectivity index (χ0n) is 6.49. The molecule has 0 saturated heterocycles. The summed E-state index contributed by atoms with van der Waals surface area (Å²) in [5.74, 6) is 0. The van der Waals surface area contributed by atoms with Crippen molar-refractivity contribution < 1.29 is 10.2 Å². The molecule has 62 valence electrons. The molecule has 0 amide bonds. The normalized spacial score (nSPS) is 10.5. The van der Waals surface area contributed by atoms with Crippen LogP contribution >= 0.6 is 0 Å². The number of aryl methyl sites for hydroxylation is 1. The Bertz CT molecular complexity index is 211. The summed E-state index contributed by atoms with van der Waals surface area (Å²) in [5.41, 5.74) is 1.35. The SMILES string of the molecule is CCn1nc(CO)cc1CO. The molecule has 1 aromatic rings. The molecule has 4 nitrogen and oxygen atoms in total. The van der Waals surface area contributed by atoms with E-state index < -0.39 is 0 Å². The van der Waals surface area contributed by atoms with Crippen molar-refractivity contribution in [3.05, 3.63) is 17.5 Å².